The predicted molar refractivity (Wildman–Crippen MR) is 91.2 cm³/mol. The van der Waals surface area contributed by atoms with Crippen molar-refractivity contribution in [2.75, 3.05) is 25.1 Å². The molecular formula is C17H24N2O2S. The topological polar surface area (TPSA) is 50.4 Å². The van der Waals surface area contributed by atoms with Crippen LogP contribution in [0.15, 0.2) is 24.3 Å². The van der Waals surface area contributed by atoms with Crippen LogP contribution in [0, 0.1) is 0 Å². The van der Waals surface area contributed by atoms with Crippen molar-refractivity contribution in [3.8, 4) is 0 Å². The van der Waals surface area contributed by atoms with E-state index in [9.17, 15) is 4.79 Å². The van der Waals surface area contributed by atoms with Crippen molar-refractivity contribution in [3.05, 3.63) is 29.8 Å². The first-order valence-corrected chi connectivity index (χ1v) is 9.19. The van der Waals surface area contributed by atoms with Crippen LogP contribution in [-0.4, -0.2) is 37.0 Å². The zero-order chi connectivity index (χ0) is 15.2. The summed E-state index contributed by atoms with van der Waals surface area (Å²) < 4.78 is 5.33. The number of benzene rings is 1. The molecule has 1 aliphatic heterocycles. The molecule has 1 atom stereocenters. The monoisotopic (exact) mass is 320 g/mol. The van der Waals surface area contributed by atoms with Gasteiger partial charge in [0.25, 0.3) is 0 Å². The summed E-state index contributed by atoms with van der Waals surface area (Å²) in [5.74, 6) is 1.01. The van der Waals surface area contributed by atoms with E-state index in [2.05, 4.69) is 22.8 Å². The Labute approximate surface area is 136 Å². The Kier molecular flexibility index (Phi) is 5.76. The molecule has 0 spiro atoms. The summed E-state index contributed by atoms with van der Waals surface area (Å²) in [6.45, 7) is 1.86. The Bertz CT molecular complexity index is 497. The second-order valence-corrected chi connectivity index (χ2v) is 7.28. The van der Waals surface area contributed by atoms with E-state index in [4.69, 9.17) is 4.74 Å². The smallest absolute Gasteiger partial charge is 0.243 e. The zero-order valence-electron chi connectivity index (χ0n) is 12.8. The molecule has 2 N–H and O–H groups in total. The fourth-order valence-electron chi connectivity index (χ4n) is 2.97. The SMILES string of the molecule is O=C(Nc1cccc(CSC2CCCC2)c1)C1COCCN1. The van der Waals surface area contributed by atoms with Crippen molar-refractivity contribution in [3.63, 3.8) is 0 Å². The van der Waals surface area contributed by atoms with E-state index in [-0.39, 0.29) is 11.9 Å². The highest BCUT2D eigenvalue weighted by Crippen LogP contribution is 2.31. The van der Waals surface area contributed by atoms with Gasteiger partial charge in [0.15, 0.2) is 0 Å². The number of anilines is 1. The third kappa shape index (κ3) is 4.48. The first-order chi connectivity index (χ1) is 10.8. The van der Waals surface area contributed by atoms with Crippen molar-refractivity contribution in [2.45, 2.75) is 42.7 Å². The quantitative estimate of drug-likeness (QED) is 0.876. The normalized spacial score (nSPS) is 22.6. The van der Waals surface area contributed by atoms with Crippen LogP contribution in [0.1, 0.15) is 31.2 Å². The first kappa shape index (κ1) is 15.8. The molecule has 0 radical (unpaired) electrons. The lowest BCUT2D eigenvalue weighted by molar-refractivity contribution is -0.120. The van der Waals surface area contributed by atoms with E-state index in [1.807, 2.05) is 23.9 Å². The fourth-order valence-corrected chi connectivity index (χ4v) is 4.25. The summed E-state index contributed by atoms with van der Waals surface area (Å²) in [6.07, 6.45) is 5.47. The second-order valence-electron chi connectivity index (χ2n) is 5.99. The number of rotatable bonds is 5. The Morgan fingerprint density at radius 1 is 1.36 bits per heavy atom. The average molecular weight is 320 g/mol. The Balaban J connectivity index is 1.52. The van der Waals surface area contributed by atoms with Gasteiger partial charge in [-0.2, -0.15) is 11.8 Å². The van der Waals surface area contributed by atoms with Gasteiger partial charge in [-0.1, -0.05) is 25.0 Å². The van der Waals surface area contributed by atoms with E-state index < -0.39 is 0 Å². The van der Waals surface area contributed by atoms with E-state index in [1.54, 1.807) is 0 Å². The van der Waals surface area contributed by atoms with Crippen LogP contribution in [-0.2, 0) is 15.3 Å². The third-order valence-electron chi connectivity index (χ3n) is 4.22. The molecule has 1 heterocycles. The highest BCUT2D eigenvalue weighted by molar-refractivity contribution is 7.99. The maximum absolute atomic E-state index is 12.2. The van der Waals surface area contributed by atoms with E-state index in [0.29, 0.717) is 13.2 Å². The maximum atomic E-state index is 12.2. The van der Waals surface area contributed by atoms with Gasteiger partial charge in [-0.15, -0.1) is 0 Å². The number of hydrogen-bond donors (Lipinski definition) is 2. The molecule has 3 rings (SSSR count). The zero-order valence-corrected chi connectivity index (χ0v) is 13.7. The first-order valence-electron chi connectivity index (χ1n) is 8.14. The molecule has 4 nitrogen and oxygen atoms in total. The van der Waals surface area contributed by atoms with Gasteiger partial charge in [-0.3, -0.25) is 4.79 Å². The van der Waals surface area contributed by atoms with Crippen LogP contribution in [0.4, 0.5) is 5.69 Å². The minimum Gasteiger partial charge on any atom is -0.378 e. The number of amides is 1. The van der Waals surface area contributed by atoms with Gasteiger partial charge in [0.05, 0.1) is 13.2 Å². The van der Waals surface area contributed by atoms with Gasteiger partial charge in [-0.05, 0) is 30.5 Å². The lowest BCUT2D eigenvalue weighted by Crippen LogP contribution is -2.48. The third-order valence-corrected chi connectivity index (χ3v) is 5.66. The van der Waals surface area contributed by atoms with Crippen molar-refractivity contribution < 1.29 is 9.53 Å². The minimum atomic E-state index is -0.245. The molecule has 0 aromatic heterocycles. The molecule has 1 aliphatic carbocycles. The number of hydrogen-bond acceptors (Lipinski definition) is 4. The molecule has 1 saturated heterocycles. The van der Waals surface area contributed by atoms with Crippen LogP contribution in [0.5, 0.6) is 0 Å². The van der Waals surface area contributed by atoms with Gasteiger partial charge in [0.1, 0.15) is 6.04 Å². The summed E-state index contributed by atoms with van der Waals surface area (Å²) >= 11 is 2.05. The molecule has 5 heteroatoms. The van der Waals surface area contributed by atoms with Crippen LogP contribution >= 0.6 is 11.8 Å². The summed E-state index contributed by atoms with van der Waals surface area (Å²) in [5.41, 5.74) is 2.16. The standard InChI is InChI=1S/C17H24N2O2S/c20-17(16-11-21-9-8-18-16)19-14-5-3-4-13(10-14)12-22-15-6-1-2-7-15/h3-5,10,15-16,18H,1-2,6-9,11-12H2,(H,19,20). The summed E-state index contributed by atoms with van der Waals surface area (Å²) in [4.78, 5) is 12.2. The maximum Gasteiger partial charge on any atom is 0.243 e. The predicted octanol–water partition coefficient (Wildman–Crippen LogP) is 2.79. The molecule has 1 aromatic carbocycles. The number of thioether (sulfide) groups is 1. The molecular weight excluding hydrogens is 296 g/mol. The number of nitrogens with one attached hydrogen (secondary N) is 2. The Morgan fingerprint density at radius 3 is 3.00 bits per heavy atom. The highest BCUT2D eigenvalue weighted by Gasteiger charge is 2.21. The second kappa shape index (κ2) is 7.99. The lowest BCUT2D eigenvalue weighted by atomic mass is 10.2. The fraction of sp³-hybridized carbons (Fsp3) is 0.588. The minimum absolute atomic E-state index is 0.0136. The van der Waals surface area contributed by atoms with Gasteiger partial charge >= 0.3 is 0 Å². The van der Waals surface area contributed by atoms with E-state index >= 15 is 0 Å². The Hall–Kier alpha value is -1.04. The van der Waals surface area contributed by atoms with Crippen molar-refractivity contribution >= 4 is 23.4 Å². The van der Waals surface area contributed by atoms with Crippen LogP contribution < -0.4 is 10.6 Å². The number of morpholine rings is 1. The Morgan fingerprint density at radius 2 is 2.23 bits per heavy atom. The van der Waals surface area contributed by atoms with Crippen molar-refractivity contribution in [1.29, 1.82) is 0 Å². The van der Waals surface area contributed by atoms with E-state index in [0.717, 1.165) is 23.2 Å². The summed E-state index contributed by atoms with van der Waals surface area (Å²) in [7, 11) is 0. The van der Waals surface area contributed by atoms with Gasteiger partial charge < -0.3 is 15.4 Å². The molecule has 1 aromatic rings. The average Bonchev–Trinajstić information content (AvgIpc) is 3.08. The number of carbonyl (C=O) groups excluding carboxylic acids is 1. The molecule has 2 aliphatic rings. The number of carbonyl (C=O) groups is 1. The van der Waals surface area contributed by atoms with Gasteiger partial charge in [0, 0.05) is 23.2 Å². The molecule has 22 heavy (non-hydrogen) atoms. The number of ether oxygens (including phenoxy) is 1. The van der Waals surface area contributed by atoms with Crippen LogP contribution in [0.3, 0.4) is 0 Å². The lowest BCUT2D eigenvalue weighted by Gasteiger charge is -2.23. The van der Waals surface area contributed by atoms with Crippen molar-refractivity contribution in [1.82, 2.24) is 5.32 Å². The molecule has 2 fully saturated rings. The molecule has 1 unspecified atom stereocenters. The largest absolute Gasteiger partial charge is 0.378 e. The van der Waals surface area contributed by atoms with Crippen LogP contribution in [0.25, 0.3) is 0 Å². The van der Waals surface area contributed by atoms with E-state index in [1.165, 1.54) is 31.2 Å². The van der Waals surface area contributed by atoms with Gasteiger partial charge in [0.2, 0.25) is 5.91 Å². The summed E-state index contributed by atoms with van der Waals surface area (Å²) in [5, 5.41) is 6.99. The summed E-state index contributed by atoms with van der Waals surface area (Å²) in [6, 6.07) is 7.95. The van der Waals surface area contributed by atoms with Gasteiger partial charge in [-0.25, -0.2) is 0 Å². The molecule has 1 saturated carbocycles. The molecule has 0 bridgehead atoms. The van der Waals surface area contributed by atoms with Crippen LogP contribution in [0.2, 0.25) is 0 Å². The molecule has 1 amide bonds. The molecule has 120 valence electrons. The van der Waals surface area contributed by atoms with Crippen molar-refractivity contribution in [2.24, 2.45) is 0 Å². The highest BCUT2D eigenvalue weighted by atomic mass is 32.2.